The van der Waals surface area contributed by atoms with E-state index in [1.807, 2.05) is 0 Å². The number of hydrogen-bond acceptors (Lipinski definition) is 3. The first-order valence-corrected chi connectivity index (χ1v) is 5.42. The molecule has 86 valence electrons. The zero-order valence-electron chi connectivity index (χ0n) is 9.07. The third kappa shape index (κ3) is 4.01. The summed E-state index contributed by atoms with van der Waals surface area (Å²) in [5, 5.41) is 21.4. The summed E-state index contributed by atoms with van der Waals surface area (Å²) in [6.45, 7) is 2.08. The standard InChI is InChI=1S/C11H19NO3/c1-8(11(14)15)6-7-12-9-4-2-3-5-10(9)13/h6,9-10,12-13H,2-5,7H2,1H3,(H,14,15). The van der Waals surface area contributed by atoms with E-state index >= 15 is 0 Å². The summed E-state index contributed by atoms with van der Waals surface area (Å²) in [7, 11) is 0. The first kappa shape index (κ1) is 12.2. The maximum Gasteiger partial charge on any atom is 0.330 e. The Morgan fingerprint density at radius 1 is 1.47 bits per heavy atom. The van der Waals surface area contributed by atoms with Crippen LogP contribution in [0.25, 0.3) is 0 Å². The fraction of sp³-hybridized carbons (Fsp3) is 0.727. The van der Waals surface area contributed by atoms with Crippen molar-refractivity contribution >= 4 is 5.97 Å². The predicted molar refractivity (Wildman–Crippen MR) is 57.7 cm³/mol. The number of carboxylic acid groups (broad SMARTS) is 1. The van der Waals surface area contributed by atoms with Gasteiger partial charge in [-0.25, -0.2) is 4.79 Å². The van der Waals surface area contributed by atoms with Crippen LogP contribution in [0.5, 0.6) is 0 Å². The number of rotatable bonds is 4. The molecule has 2 unspecified atom stereocenters. The molecule has 1 fully saturated rings. The molecule has 1 aliphatic rings. The van der Waals surface area contributed by atoms with Crippen molar-refractivity contribution in [1.29, 1.82) is 0 Å². The highest BCUT2D eigenvalue weighted by molar-refractivity contribution is 5.85. The van der Waals surface area contributed by atoms with Gasteiger partial charge < -0.3 is 15.5 Å². The van der Waals surface area contributed by atoms with E-state index < -0.39 is 5.97 Å². The van der Waals surface area contributed by atoms with Gasteiger partial charge in [0.1, 0.15) is 0 Å². The number of carbonyl (C=O) groups is 1. The summed E-state index contributed by atoms with van der Waals surface area (Å²) in [5.74, 6) is -0.888. The molecule has 0 aromatic heterocycles. The highest BCUT2D eigenvalue weighted by Crippen LogP contribution is 2.18. The Bertz CT molecular complexity index is 250. The second-order valence-corrected chi connectivity index (χ2v) is 4.06. The first-order chi connectivity index (χ1) is 7.11. The molecular formula is C11H19NO3. The van der Waals surface area contributed by atoms with Crippen LogP contribution in [-0.4, -0.2) is 34.9 Å². The van der Waals surface area contributed by atoms with Gasteiger partial charge in [0.15, 0.2) is 0 Å². The van der Waals surface area contributed by atoms with Crippen molar-refractivity contribution in [3.05, 3.63) is 11.6 Å². The Morgan fingerprint density at radius 2 is 2.13 bits per heavy atom. The third-order valence-electron chi connectivity index (χ3n) is 2.86. The van der Waals surface area contributed by atoms with E-state index in [2.05, 4.69) is 5.32 Å². The maximum absolute atomic E-state index is 10.5. The van der Waals surface area contributed by atoms with E-state index in [9.17, 15) is 9.90 Å². The summed E-state index contributed by atoms with van der Waals surface area (Å²) in [4.78, 5) is 10.5. The lowest BCUT2D eigenvalue weighted by Gasteiger charge is -2.28. The Hall–Kier alpha value is -0.870. The average Bonchev–Trinajstić information content (AvgIpc) is 2.20. The van der Waals surface area contributed by atoms with Crippen LogP contribution < -0.4 is 5.32 Å². The van der Waals surface area contributed by atoms with Crippen LogP contribution in [0.1, 0.15) is 32.6 Å². The Morgan fingerprint density at radius 3 is 2.73 bits per heavy atom. The number of hydrogen-bond donors (Lipinski definition) is 3. The molecular weight excluding hydrogens is 194 g/mol. The van der Waals surface area contributed by atoms with Gasteiger partial charge in [0.25, 0.3) is 0 Å². The molecule has 0 aliphatic heterocycles. The monoisotopic (exact) mass is 213 g/mol. The van der Waals surface area contributed by atoms with E-state index in [0.717, 1.165) is 25.7 Å². The largest absolute Gasteiger partial charge is 0.478 e. The third-order valence-corrected chi connectivity index (χ3v) is 2.86. The molecule has 0 amide bonds. The van der Waals surface area contributed by atoms with Gasteiger partial charge >= 0.3 is 5.97 Å². The van der Waals surface area contributed by atoms with Crippen molar-refractivity contribution in [2.75, 3.05) is 6.54 Å². The molecule has 4 nitrogen and oxygen atoms in total. The predicted octanol–water partition coefficient (Wildman–Crippen LogP) is 0.910. The fourth-order valence-corrected chi connectivity index (χ4v) is 1.80. The molecule has 0 radical (unpaired) electrons. The second kappa shape index (κ2) is 5.88. The van der Waals surface area contributed by atoms with Crippen LogP contribution in [0.15, 0.2) is 11.6 Å². The van der Waals surface area contributed by atoms with E-state index in [1.54, 1.807) is 13.0 Å². The van der Waals surface area contributed by atoms with E-state index in [-0.39, 0.29) is 12.1 Å². The van der Waals surface area contributed by atoms with Crippen molar-refractivity contribution in [2.24, 2.45) is 0 Å². The molecule has 3 N–H and O–H groups in total. The molecule has 0 heterocycles. The molecule has 0 bridgehead atoms. The van der Waals surface area contributed by atoms with Gasteiger partial charge in [0.2, 0.25) is 0 Å². The van der Waals surface area contributed by atoms with Crippen molar-refractivity contribution in [3.63, 3.8) is 0 Å². The van der Waals surface area contributed by atoms with Crippen molar-refractivity contribution in [2.45, 2.75) is 44.8 Å². The molecule has 15 heavy (non-hydrogen) atoms. The van der Waals surface area contributed by atoms with Gasteiger partial charge in [0, 0.05) is 18.2 Å². The van der Waals surface area contributed by atoms with E-state index in [4.69, 9.17) is 5.11 Å². The van der Waals surface area contributed by atoms with Crippen LogP contribution in [0, 0.1) is 0 Å². The second-order valence-electron chi connectivity index (χ2n) is 4.06. The first-order valence-electron chi connectivity index (χ1n) is 5.42. The number of aliphatic hydroxyl groups excluding tert-OH is 1. The molecule has 0 aromatic rings. The molecule has 4 heteroatoms. The SMILES string of the molecule is CC(=CCNC1CCCCC1O)C(=O)O. The summed E-state index contributed by atoms with van der Waals surface area (Å²) in [5.41, 5.74) is 0.341. The highest BCUT2D eigenvalue weighted by atomic mass is 16.4. The van der Waals surface area contributed by atoms with Gasteiger partial charge in [-0.1, -0.05) is 18.9 Å². The van der Waals surface area contributed by atoms with Gasteiger partial charge in [-0.3, -0.25) is 0 Å². The van der Waals surface area contributed by atoms with Gasteiger partial charge in [-0.2, -0.15) is 0 Å². The van der Waals surface area contributed by atoms with Gasteiger partial charge in [-0.05, 0) is 19.8 Å². The number of aliphatic carboxylic acids is 1. The van der Waals surface area contributed by atoms with Crippen LogP contribution in [-0.2, 0) is 4.79 Å². The number of aliphatic hydroxyl groups is 1. The smallest absolute Gasteiger partial charge is 0.330 e. The summed E-state index contributed by atoms with van der Waals surface area (Å²) >= 11 is 0. The molecule has 0 spiro atoms. The van der Waals surface area contributed by atoms with Crippen molar-refractivity contribution in [1.82, 2.24) is 5.32 Å². The van der Waals surface area contributed by atoms with Crippen LogP contribution in [0.3, 0.4) is 0 Å². The molecule has 2 atom stereocenters. The highest BCUT2D eigenvalue weighted by Gasteiger charge is 2.21. The van der Waals surface area contributed by atoms with Crippen molar-refractivity contribution in [3.8, 4) is 0 Å². The molecule has 0 saturated heterocycles. The Labute approximate surface area is 90.0 Å². The van der Waals surface area contributed by atoms with E-state index in [1.165, 1.54) is 0 Å². The zero-order valence-corrected chi connectivity index (χ0v) is 9.07. The van der Waals surface area contributed by atoms with Gasteiger partial charge in [0.05, 0.1) is 6.10 Å². The number of carboxylic acids is 1. The minimum atomic E-state index is -0.888. The molecule has 1 aliphatic carbocycles. The Kier molecular flexibility index (Phi) is 4.78. The van der Waals surface area contributed by atoms with Crippen LogP contribution in [0.4, 0.5) is 0 Å². The maximum atomic E-state index is 10.5. The minimum absolute atomic E-state index is 0.122. The van der Waals surface area contributed by atoms with E-state index in [0.29, 0.717) is 12.1 Å². The quantitative estimate of drug-likeness (QED) is 0.607. The molecule has 0 aromatic carbocycles. The normalized spacial score (nSPS) is 27.7. The average molecular weight is 213 g/mol. The summed E-state index contributed by atoms with van der Waals surface area (Å²) in [6.07, 6.45) is 5.40. The summed E-state index contributed by atoms with van der Waals surface area (Å²) < 4.78 is 0. The molecule has 1 saturated carbocycles. The summed E-state index contributed by atoms with van der Waals surface area (Å²) in [6, 6.07) is 0.122. The molecule has 1 rings (SSSR count). The lowest BCUT2D eigenvalue weighted by molar-refractivity contribution is -0.132. The van der Waals surface area contributed by atoms with Crippen LogP contribution in [0.2, 0.25) is 0 Å². The fourth-order valence-electron chi connectivity index (χ4n) is 1.80. The van der Waals surface area contributed by atoms with Crippen molar-refractivity contribution < 1.29 is 15.0 Å². The van der Waals surface area contributed by atoms with Crippen LogP contribution >= 0.6 is 0 Å². The topological polar surface area (TPSA) is 69.6 Å². The lowest BCUT2D eigenvalue weighted by atomic mass is 9.92. The Balaban J connectivity index is 2.30. The lowest BCUT2D eigenvalue weighted by Crippen LogP contribution is -2.42. The zero-order chi connectivity index (χ0) is 11.3. The number of nitrogens with one attached hydrogen (secondary N) is 1. The minimum Gasteiger partial charge on any atom is -0.478 e. The van der Waals surface area contributed by atoms with Gasteiger partial charge in [-0.15, -0.1) is 0 Å².